The molecule has 0 aromatic heterocycles. The number of β-lactam (4-membered cyclic amide) rings is 1. The first kappa shape index (κ1) is 17.0. The van der Waals surface area contributed by atoms with E-state index in [-0.39, 0.29) is 29.0 Å². The van der Waals surface area contributed by atoms with Crippen molar-refractivity contribution in [3.05, 3.63) is 11.3 Å². The van der Waals surface area contributed by atoms with Crippen molar-refractivity contribution >= 4 is 37.8 Å². The number of aliphatic carboxylic acids is 1. The molecule has 0 radical (unpaired) electrons. The number of ether oxygens (including phenoxy) is 1. The number of rotatable bonds is 5. The third-order valence-corrected chi connectivity index (χ3v) is 5.99. The highest BCUT2D eigenvalue weighted by molar-refractivity contribution is 8.00. The summed E-state index contributed by atoms with van der Waals surface area (Å²) in [5, 5.41) is 9.10. The first-order valence-corrected chi connectivity index (χ1v) is 11.4. The van der Waals surface area contributed by atoms with Crippen molar-refractivity contribution in [2.45, 2.75) is 43.7 Å². The van der Waals surface area contributed by atoms with Crippen LogP contribution in [-0.2, 0) is 19.1 Å². The number of esters is 1. The number of amides is 1. The Balaban J connectivity index is 2.39. The Kier molecular flexibility index (Phi) is 4.69. The van der Waals surface area contributed by atoms with Gasteiger partial charge in [0, 0.05) is 12.5 Å². The lowest BCUT2D eigenvalue weighted by Crippen LogP contribution is -2.59. The highest BCUT2D eigenvalue weighted by Gasteiger charge is 2.49. The SMILES string of the molecule is CC(=O)OCC1=C(C(=O)O)N2C(=O)C[C@H]2SC1N[Si](C)(C)C. The van der Waals surface area contributed by atoms with Gasteiger partial charge in [-0.05, 0) is 0 Å². The van der Waals surface area contributed by atoms with Gasteiger partial charge in [0.15, 0.2) is 0 Å². The molecule has 22 heavy (non-hydrogen) atoms. The van der Waals surface area contributed by atoms with Gasteiger partial charge in [-0.1, -0.05) is 19.6 Å². The summed E-state index contributed by atoms with van der Waals surface area (Å²) in [4.78, 5) is 39.2. The predicted molar refractivity (Wildman–Crippen MR) is 84.4 cm³/mol. The molecule has 2 aliphatic rings. The van der Waals surface area contributed by atoms with E-state index < -0.39 is 20.2 Å². The number of hydrogen-bond donors (Lipinski definition) is 2. The first-order valence-electron chi connectivity index (χ1n) is 6.95. The summed E-state index contributed by atoms with van der Waals surface area (Å²) in [6.07, 6.45) is 0.339. The van der Waals surface area contributed by atoms with E-state index in [2.05, 4.69) is 24.6 Å². The van der Waals surface area contributed by atoms with E-state index in [1.807, 2.05) is 0 Å². The molecule has 0 aliphatic carbocycles. The molecule has 0 aromatic rings. The Morgan fingerprint density at radius 1 is 1.45 bits per heavy atom. The minimum absolute atomic E-state index is 0.0444. The van der Waals surface area contributed by atoms with Crippen LogP contribution in [0.2, 0.25) is 19.6 Å². The molecule has 7 nitrogen and oxygen atoms in total. The van der Waals surface area contributed by atoms with Crippen LogP contribution in [0, 0.1) is 0 Å². The Morgan fingerprint density at radius 2 is 2.09 bits per heavy atom. The average molecular weight is 344 g/mol. The summed E-state index contributed by atoms with van der Waals surface area (Å²) in [5.41, 5.74) is 0.399. The molecule has 9 heteroatoms. The largest absolute Gasteiger partial charge is 0.477 e. The number of carboxylic acids is 1. The van der Waals surface area contributed by atoms with Crippen LogP contribution < -0.4 is 4.98 Å². The first-order chi connectivity index (χ1) is 10.1. The fourth-order valence-corrected chi connectivity index (χ4v) is 5.90. The zero-order valence-electron chi connectivity index (χ0n) is 13.0. The predicted octanol–water partition coefficient (Wildman–Crippen LogP) is 0.944. The van der Waals surface area contributed by atoms with Gasteiger partial charge in [-0.25, -0.2) is 4.79 Å². The molecule has 2 atom stereocenters. The molecule has 0 aromatic carbocycles. The Labute approximate surface area is 134 Å². The number of nitrogens with one attached hydrogen (secondary N) is 1. The van der Waals surface area contributed by atoms with Gasteiger partial charge in [0.2, 0.25) is 5.91 Å². The summed E-state index contributed by atoms with van der Waals surface area (Å²) >= 11 is 1.51. The third kappa shape index (κ3) is 3.53. The Hall–Kier alpha value is -1.32. The molecule has 2 aliphatic heterocycles. The van der Waals surface area contributed by atoms with Crippen molar-refractivity contribution in [2.75, 3.05) is 6.61 Å². The molecule has 2 N–H and O–H groups in total. The van der Waals surface area contributed by atoms with Crippen LogP contribution in [0.1, 0.15) is 13.3 Å². The van der Waals surface area contributed by atoms with Crippen LogP contribution in [0.25, 0.3) is 0 Å². The molecule has 0 spiro atoms. The molecule has 1 unspecified atom stereocenters. The van der Waals surface area contributed by atoms with Crippen LogP contribution in [0.5, 0.6) is 0 Å². The standard InChI is InChI=1S/C13H20N2O5SSi/c1-7(16)20-6-8-11(13(18)19)15-9(17)5-10(15)21-12(8)14-22(2,3)4/h10,12,14H,5-6H2,1-4H3,(H,18,19)/t10-,12?/m1/s1. The maximum atomic E-state index is 11.8. The second-order valence-corrected chi connectivity index (χ2v) is 12.4. The lowest BCUT2D eigenvalue weighted by Gasteiger charge is -2.47. The van der Waals surface area contributed by atoms with Gasteiger partial charge in [0.1, 0.15) is 20.5 Å². The van der Waals surface area contributed by atoms with E-state index in [9.17, 15) is 19.5 Å². The van der Waals surface area contributed by atoms with Crippen molar-refractivity contribution in [3.63, 3.8) is 0 Å². The van der Waals surface area contributed by atoms with Crippen molar-refractivity contribution in [3.8, 4) is 0 Å². The smallest absolute Gasteiger partial charge is 0.352 e. The van der Waals surface area contributed by atoms with Gasteiger partial charge in [-0.15, -0.1) is 11.8 Å². The van der Waals surface area contributed by atoms with E-state index in [0.717, 1.165) is 0 Å². The van der Waals surface area contributed by atoms with Crippen molar-refractivity contribution < 1.29 is 24.2 Å². The zero-order valence-corrected chi connectivity index (χ0v) is 14.8. The highest BCUT2D eigenvalue weighted by Crippen LogP contribution is 2.43. The van der Waals surface area contributed by atoms with E-state index in [0.29, 0.717) is 12.0 Å². The molecule has 2 heterocycles. The number of nitrogens with zero attached hydrogens (tertiary/aromatic N) is 1. The van der Waals surface area contributed by atoms with Crippen LogP contribution in [0.3, 0.4) is 0 Å². The van der Waals surface area contributed by atoms with E-state index in [1.165, 1.54) is 23.6 Å². The van der Waals surface area contributed by atoms with Crippen LogP contribution >= 0.6 is 11.8 Å². The van der Waals surface area contributed by atoms with Gasteiger partial charge >= 0.3 is 11.9 Å². The minimum Gasteiger partial charge on any atom is -0.477 e. The molecule has 122 valence electrons. The number of thioether (sulfide) groups is 1. The summed E-state index contributed by atoms with van der Waals surface area (Å²) in [7, 11) is -1.69. The van der Waals surface area contributed by atoms with Gasteiger partial charge in [0.05, 0.1) is 17.2 Å². The fraction of sp³-hybridized carbons (Fsp3) is 0.615. The number of carbonyl (C=O) groups is 3. The van der Waals surface area contributed by atoms with Gasteiger partial charge < -0.3 is 14.8 Å². The second-order valence-electron chi connectivity index (χ2n) is 6.29. The highest BCUT2D eigenvalue weighted by atomic mass is 32.2. The number of fused-ring (bicyclic) bond motifs is 1. The molecule has 1 fully saturated rings. The molecule has 0 saturated carbocycles. The molecular formula is C13H20N2O5SSi. The summed E-state index contributed by atoms with van der Waals surface area (Å²) in [6.45, 7) is 7.47. The van der Waals surface area contributed by atoms with E-state index in [4.69, 9.17) is 4.74 Å². The zero-order chi connectivity index (χ0) is 16.7. The molecule has 2 rings (SSSR count). The Bertz CT molecular complexity index is 557. The number of carboxylic acid groups (broad SMARTS) is 1. The van der Waals surface area contributed by atoms with E-state index >= 15 is 0 Å². The quantitative estimate of drug-likeness (QED) is 0.435. The van der Waals surface area contributed by atoms with Crippen LogP contribution in [0.4, 0.5) is 0 Å². The van der Waals surface area contributed by atoms with Gasteiger partial charge in [-0.2, -0.15) is 0 Å². The molecule has 1 saturated heterocycles. The van der Waals surface area contributed by atoms with Gasteiger partial charge in [0.25, 0.3) is 0 Å². The monoisotopic (exact) mass is 344 g/mol. The lowest BCUT2D eigenvalue weighted by molar-refractivity contribution is -0.146. The van der Waals surface area contributed by atoms with Gasteiger partial charge in [-0.3, -0.25) is 14.5 Å². The van der Waals surface area contributed by atoms with Crippen molar-refractivity contribution in [1.82, 2.24) is 9.88 Å². The maximum absolute atomic E-state index is 11.8. The maximum Gasteiger partial charge on any atom is 0.352 e. The lowest BCUT2D eigenvalue weighted by atomic mass is 10.1. The summed E-state index contributed by atoms with van der Waals surface area (Å²) < 4.78 is 5.01. The Morgan fingerprint density at radius 3 is 2.55 bits per heavy atom. The van der Waals surface area contributed by atoms with E-state index in [1.54, 1.807) is 0 Å². The van der Waals surface area contributed by atoms with Crippen molar-refractivity contribution in [2.24, 2.45) is 0 Å². The molecule has 1 amide bonds. The minimum atomic E-state index is -1.69. The fourth-order valence-electron chi connectivity index (χ4n) is 2.36. The summed E-state index contributed by atoms with van der Waals surface area (Å²) in [5.74, 6) is -1.85. The van der Waals surface area contributed by atoms with Crippen LogP contribution in [-0.4, -0.2) is 53.4 Å². The topological polar surface area (TPSA) is 95.9 Å². The van der Waals surface area contributed by atoms with Crippen LogP contribution in [0.15, 0.2) is 11.3 Å². The molecule has 0 bridgehead atoms. The normalized spacial score (nSPS) is 24.7. The van der Waals surface area contributed by atoms with Crippen molar-refractivity contribution in [1.29, 1.82) is 0 Å². The summed E-state index contributed by atoms with van der Waals surface area (Å²) in [6, 6.07) is 0. The molecular weight excluding hydrogens is 324 g/mol. The average Bonchev–Trinajstić information content (AvgIpc) is 2.33. The third-order valence-electron chi connectivity index (χ3n) is 3.26. The second kappa shape index (κ2) is 6.05. The number of carbonyl (C=O) groups excluding carboxylic acids is 2. The number of hydrogen-bond acceptors (Lipinski definition) is 6.